The minimum absolute atomic E-state index is 0.0257. The lowest BCUT2D eigenvalue weighted by atomic mass is 10.1. The Labute approximate surface area is 222 Å². The fraction of sp³-hybridized carbons (Fsp3) is 0.115. The molecular weight excluding hydrogens is 517 g/mol. The Morgan fingerprint density at radius 3 is 2.46 bits per heavy atom. The Balaban J connectivity index is 1.71. The molecule has 11 heteroatoms. The minimum Gasteiger partial charge on any atom is -0.456 e. The Morgan fingerprint density at radius 2 is 1.76 bits per heavy atom. The molecule has 0 saturated carbocycles. The van der Waals surface area contributed by atoms with Crippen molar-refractivity contribution in [3.8, 4) is 5.82 Å². The van der Waals surface area contributed by atoms with E-state index < -0.39 is 17.8 Å². The van der Waals surface area contributed by atoms with E-state index in [1.165, 1.54) is 25.4 Å². The Morgan fingerprint density at radius 1 is 1.00 bits per heavy atom. The van der Waals surface area contributed by atoms with Gasteiger partial charge in [-0.05, 0) is 42.3 Å². The molecule has 0 radical (unpaired) electrons. The summed E-state index contributed by atoms with van der Waals surface area (Å²) in [6, 6.07) is 16.7. The predicted molar refractivity (Wildman–Crippen MR) is 139 cm³/mol. The summed E-state index contributed by atoms with van der Waals surface area (Å²) in [6.45, 7) is 1.73. The molecule has 2 aromatic heterocycles. The lowest BCUT2D eigenvalue weighted by molar-refractivity contribution is 0.0465. The number of carbonyl (C=O) groups excluding carboxylic acids is 3. The molecule has 4 aromatic rings. The second-order valence-electron chi connectivity index (χ2n) is 7.88. The van der Waals surface area contributed by atoms with E-state index in [1.807, 2.05) is 30.3 Å². The third-order valence-corrected chi connectivity index (χ3v) is 5.83. The highest BCUT2D eigenvalue weighted by atomic mass is 35.5. The first kappa shape index (κ1) is 25.9. The number of benzene rings is 2. The van der Waals surface area contributed by atoms with Gasteiger partial charge >= 0.3 is 5.97 Å². The summed E-state index contributed by atoms with van der Waals surface area (Å²) in [4.78, 5) is 42.9. The second kappa shape index (κ2) is 11.2. The SMILES string of the molecule is CNC(=O)c1cc(Cl)cc(C)c1NC(=O)c1cc(C(=O)OCc2ccccc2)nn1-c1ncccc1Cl. The summed E-state index contributed by atoms with van der Waals surface area (Å²) in [7, 11) is 1.47. The number of esters is 1. The van der Waals surface area contributed by atoms with E-state index in [9.17, 15) is 14.4 Å². The summed E-state index contributed by atoms with van der Waals surface area (Å²) < 4.78 is 6.53. The lowest BCUT2D eigenvalue weighted by Crippen LogP contribution is -2.23. The number of amides is 2. The second-order valence-corrected chi connectivity index (χ2v) is 8.72. The first-order chi connectivity index (χ1) is 17.8. The fourth-order valence-corrected chi connectivity index (χ4v) is 4.01. The van der Waals surface area contributed by atoms with Gasteiger partial charge in [-0.3, -0.25) is 9.59 Å². The highest BCUT2D eigenvalue weighted by Crippen LogP contribution is 2.27. The van der Waals surface area contributed by atoms with Crippen LogP contribution in [0.4, 0.5) is 5.69 Å². The number of ether oxygens (including phenoxy) is 1. The Kier molecular flexibility index (Phi) is 7.86. The normalized spacial score (nSPS) is 10.6. The standard InChI is InChI=1S/C26H21Cl2N5O4/c1-15-11-17(27)12-18(24(34)29-2)22(15)31-25(35)21-13-20(26(36)37-14-16-7-4-3-5-8-16)32-33(21)23-19(28)9-6-10-30-23/h3-13H,14H2,1-2H3,(H,29,34)(H,31,35). The molecule has 2 N–H and O–H groups in total. The summed E-state index contributed by atoms with van der Waals surface area (Å²) in [5.74, 6) is -1.70. The number of halogens is 2. The molecule has 0 saturated heterocycles. The average molecular weight is 538 g/mol. The van der Waals surface area contributed by atoms with E-state index in [-0.39, 0.29) is 40.1 Å². The van der Waals surface area contributed by atoms with Crippen LogP contribution in [-0.2, 0) is 11.3 Å². The van der Waals surface area contributed by atoms with Crippen LogP contribution in [-0.4, -0.2) is 39.6 Å². The van der Waals surface area contributed by atoms with Crippen LogP contribution in [0.5, 0.6) is 0 Å². The Hall–Kier alpha value is -4.21. The van der Waals surface area contributed by atoms with E-state index in [2.05, 4.69) is 20.7 Å². The van der Waals surface area contributed by atoms with Crippen LogP contribution in [0.2, 0.25) is 10.0 Å². The minimum atomic E-state index is -0.738. The number of rotatable bonds is 7. The predicted octanol–water partition coefficient (Wildman–Crippen LogP) is 4.85. The van der Waals surface area contributed by atoms with Crippen LogP contribution in [0.3, 0.4) is 0 Å². The van der Waals surface area contributed by atoms with Crippen LogP contribution in [0.15, 0.2) is 66.9 Å². The first-order valence-corrected chi connectivity index (χ1v) is 11.8. The van der Waals surface area contributed by atoms with Gasteiger partial charge in [0.05, 0.1) is 16.3 Å². The van der Waals surface area contributed by atoms with Crippen LogP contribution in [0.25, 0.3) is 5.82 Å². The van der Waals surface area contributed by atoms with Gasteiger partial charge in [0.1, 0.15) is 12.3 Å². The molecule has 2 heterocycles. The van der Waals surface area contributed by atoms with Crippen LogP contribution in [0, 0.1) is 6.92 Å². The van der Waals surface area contributed by atoms with Crippen molar-refractivity contribution in [1.29, 1.82) is 0 Å². The third kappa shape index (κ3) is 5.79. The number of hydrogen-bond donors (Lipinski definition) is 2. The van der Waals surface area contributed by atoms with Crippen LogP contribution >= 0.6 is 23.2 Å². The monoisotopic (exact) mass is 537 g/mol. The largest absolute Gasteiger partial charge is 0.456 e. The molecule has 0 aliphatic rings. The number of nitrogens with one attached hydrogen (secondary N) is 2. The molecule has 2 aromatic carbocycles. The highest BCUT2D eigenvalue weighted by Gasteiger charge is 2.25. The smallest absolute Gasteiger partial charge is 0.359 e. The van der Waals surface area contributed by atoms with Gasteiger partial charge in [-0.15, -0.1) is 0 Å². The molecular formula is C26H21Cl2N5O4. The van der Waals surface area contributed by atoms with Crippen molar-refractivity contribution in [3.63, 3.8) is 0 Å². The quantitative estimate of drug-likeness (QED) is 0.325. The number of pyridine rings is 1. The third-order valence-electron chi connectivity index (χ3n) is 5.31. The molecule has 4 rings (SSSR count). The van der Waals surface area contributed by atoms with E-state index in [4.69, 9.17) is 27.9 Å². The molecule has 0 aliphatic carbocycles. The van der Waals surface area contributed by atoms with Crippen molar-refractivity contribution in [1.82, 2.24) is 20.1 Å². The number of hydrogen-bond acceptors (Lipinski definition) is 6. The summed E-state index contributed by atoms with van der Waals surface area (Å²) in [6.07, 6.45) is 1.48. The van der Waals surface area contributed by atoms with Gasteiger partial charge in [0.2, 0.25) is 0 Å². The van der Waals surface area contributed by atoms with E-state index in [0.717, 1.165) is 10.2 Å². The molecule has 2 amide bonds. The number of anilines is 1. The maximum absolute atomic E-state index is 13.5. The number of carbonyl (C=O) groups is 3. The van der Waals surface area contributed by atoms with Crippen molar-refractivity contribution in [2.24, 2.45) is 0 Å². The Bertz CT molecular complexity index is 1490. The molecule has 0 aliphatic heterocycles. The van der Waals surface area contributed by atoms with E-state index in [1.54, 1.807) is 25.1 Å². The van der Waals surface area contributed by atoms with Crippen molar-refractivity contribution >= 4 is 46.7 Å². The lowest BCUT2D eigenvalue weighted by Gasteiger charge is -2.14. The summed E-state index contributed by atoms with van der Waals surface area (Å²) in [5.41, 5.74) is 1.60. The summed E-state index contributed by atoms with van der Waals surface area (Å²) >= 11 is 12.4. The van der Waals surface area contributed by atoms with Gasteiger partial charge in [-0.2, -0.15) is 5.10 Å². The van der Waals surface area contributed by atoms with Gasteiger partial charge < -0.3 is 15.4 Å². The fourth-order valence-electron chi connectivity index (χ4n) is 3.53. The van der Waals surface area contributed by atoms with Crippen molar-refractivity contribution in [3.05, 3.63) is 105 Å². The number of aromatic nitrogens is 3. The molecule has 0 spiro atoms. The molecule has 188 valence electrons. The van der Waals surface area contributed by atoms with Crippen LogP contribution in [0.1, 0.15) is 42.5 Å². The van der Waals surface area contributed by atoms with E-state index >= 15 is 0 Å². The molecule has 37 heavy (non-hydrogen) atoms. The van der Waals surface area contributed by atoms with Crippen molar-refractivity contribution < 1.29 is 19.1 Å². The van der Waals surface area contributed by atoms with Gasteiger partial charge in [0.25, 0.3) is 11.8 Å². The topological polar surface area (TPSA) is 115 Å². The molecule has 0 unspecified atom stereocenters. The maximum Gasteiger partial charge on any atom is 0.359 e. The molecule has 0 bridgehead atoms. The number of nitrogens with zero attached hydrogens (tertiary/aromatic N) is 3. The summed E-state index contributed by atoms with van der Waals surface area (Å²) in [5, 5.41) is 10.1. The average Bonchev–Trinajstić information content (AvgIpc) is 3.34. The van der Waals surface area contributed by atoms with Crippen molar-refractivity contribution in [2.75, 3.05) is 12.4 Å². The molecule has 0 fully saturated rings. The first-order valence-electron chi connectivity index (χ1n) is 11.0. The van der Waals surface area contributed by atoms with Gasteiger partial charge in [0.15, 0.2) is 11.5 Å². The van der Waals surface area contributed by atoms with E-state index in [0.29, 0.717) is 10.6 Å². The van der Waals surface area contributed by atoms with Gasteiger partial charge in [-0.25, -0.2) is 14.5 Å². The molecule has 9 nitrogen and oxygen atoms in total. The van der Waals surface area contributed by atoms with Gasteiger partial charge in [-0.1, -0.05) is 53.5 Å². The van der Waals surface area contributed by atoms with Gasteiger partial charge in [0, 0.05) is 24.3 Å². The zero-order chi connectivity index (χ0) is 26.5. The van der Waals surface area contributed by atoms with Crippen LogP contribution < -0.4 is 10.6 Å². The zero-order valence-corrected chi connectivity index (χ0v) is 21.3. The number of aryl methyl sites for hydroxylation is 1. The zero-order valence-electron chi connectivity index (χ0n) is 19.8. The highest BCUT2D eigenvalue weighted by molar-refractivity contribution is 6.32. The maximum atomic E-state index is 13.5. The van der Waals surface area contributed by atoms with Crippen molar-refractivity contribution in [2.45, 2.75) is 13.5 Å². The molecule has 0 atom stereocenters.